The zero-order chi connectivity index (χ0) is 26.3. The first-order valence-electron chi connectivity index (χ1n) is 12.0. The molecule has 192 valence electrons. The fourth-order valence-electron chi connectivity index (χ4n) is 3.97. The molecule has 35 heavy (non-hydrogen) atoms. The first-order chi connectivity index (χ1) is 16.3. The van der Waals surface area contributed by atoms with Gasteiger partial charge < -0.3 is 10.2 Å². The second-order valence-corrected chi connectivity index (χ2v) is 11.5. The van der Waals surface area contributed by atoms with E-state index in [1.807, 2.05) is 77.1 Å². The SMILES string of the molecule is Cc1cccc(CN(C(=O)CCCN(c2cc(C)ccc2C)S(C)(=O)=O)C(C)C(=O)NC(C)C)c1. The van der Waals surface area contributed by atoms with Gasteiger partial charge in [-0.3, -0.25) is 13.9 Å². The van der Waals surface area contributed by atoms with Crippen molar-refractivity contribution in [1.82, 2.24) is 10.2 Å². The lowest BCUT2D eigenvalue weighted by molar-refractivity contribution is -0.140. The van der Waals surface area contributed by atoms with Crippen LogP contribution in [0.25, 0.3) is 0 Å². The number of hydrogen-bond acceptors (Lipinski definition) is 4. The van der Waals surface area contributed by atoms with Gasteiger partial charge in [0.05, 0.1) is 11.9 Å². The third-order valence-electron chi connectivity index (χ3n) is 5.82. The second kappa shape index (κ2) is 12.2. The lowest BCUT2D eigenvalue weighted by Crippen LogP contribution is -2.49. The van der Waals surface area contributed by atoms with Gasteiger partial charge in [-0.2, -0.15) is 0 Å². The van der Waals surface area contributed by atoms with Gasteiger partial charge in [0.25, 0.3) is 0 Å². The van der Waals surface area contributed by atoms with Crippen LogP contribution in [0.5, 0.6) is 0 Å². The van der Waals surface area contributed by atoms with Crippen LogP contribution < -0.4 is 9.62 Å². The maximum Gasteiger partial charge on any atom is 0.242 e. The van der Waals surface area contributed by atoms with Crippen molar-refractivity contribution in [3.63, 3.8) is 0 Å². The van der Waals surface area contributed by atoms with E-state index in [0.717, 1.165) is 22.3 Å². The molecule has 0 aliphatic rings. The number of nitrogens with one attached hydrogen (secondary N) is 1. The number of sulfonamides is 1. The van der Waals surface area contributed by atoms with Gasteiger partial charge in [0.1, 0.15) is 6.04 Å². The minimum atomic E-state index is -3.53. The monoisotopic (exact) mass is 501 g/mol. The van der Waals surface area contributed by atoms with Gasteiger partial charge in [0.2, 0.25) is 21.8 Å². The van der Waals surface area contributed by atoms with E-state index in [1.54, 1.807) is 11.8 Å². The van der Waals surface area contributed by atoms with E-state index in [2.05, 4.69) is 5.32 Å². The molecule has 0 bridgehead atoms. The molecular formula is C27H39N3O4S. The number of nitrogens with zero attached hydrogens (tertiary/aromatic N) is 2. The molecule has 2 amide bonds. The van der Waals surface area contributed by atoms with Crippen LogP contribution in [-0.4, -0.2) is 50.0 Å². The van der Waals surface area contributed by atoms with E-state index in [1.165, 1.54) is 10.6 Å². The Morgan fingerprint density at radius 1 is 0.971 bits per heavy atom. The van der Waals surface area contributed by atoms with Crippen molar-refractivity contribution in [2.45, 2.75) is 73.0 Å². The summed E-state index contributed by atoms with van der Waals surface area (Å²) in [6.07, 6.45) is 1.64. The highest BCUT2D eigenvalue weighted by Crippen LogP contribution is 2.24. The highest BCUT2D eigenvalue weighted by atomic mass is 32.2. The first kappa shape index (κ1) is 28.4. The average Bonchev–Trinajstić information content (AvgIpc) is 2.75. The molecular weight excluding hydrogens is 462 g/mol. The summed E-state index contributed by atoms with van der Waals surface area (Å²) < 4.78 is 26.5. The molecule has 2 aromatic rings. The molecule has 0 aliphatic heterocycles. The average molecular weight is 502 g/mol. The molecule has 8 heteroatoms. The van der Waals surface area contributed by atoms with Crippen molar-refractivity contribution in [3.05, 3.63) is 64.7 Å². The molecule has 2 rings (SSSR count). The van der Waals surface area contributed by atoms with Crippen molar-refractivity contribution in [2.75, 3.05) is 17.1 Å². The van der Waals surface area contributed by atoms with E-state index < -0.39 is 16.1 Å². The maximum atomic E-state index is 13.3. The maximum absolute atomic E-state index is 13.3. The lowest BCUT2D eigenvalue weighted by Gasteiger charge is -2.30. The van der Waals surface area contributed by atoms with Gasteiger partial charge in [0.15, 0.2) is 0 Å². The summed E-state index contributed by atoms with van der Waals surface area (Å²) >= 11 is 0. The van der Waals surface area contributed by atoms with Crippen LogP contribution in [0.1, 0.15) is 55.9 Å². The smallest absolute Gasteiger partial charge is 0.242 e. The van der Waals surface area contributed by atoms with Crippen LogP contribution in [0.2, 0.25) is 0 Å². The number of anilines is 1. The minimum absolute atomic E-state index is 0.0400. The van der Waals surface area contributed by atoms with Crippen LogP contribution in [0, 0.1) is 20.8 Å². The van der Waals surface area contributed by atoms with Crippen molar-refractivity contribution in [1.29, 1.82) is 0 Å². The largest absolute Gasteiger partial charge is 0.352 e. The predicted octanol–water partition coefficient (Wildman–Crippen LogP) is 4.10. The topological polar surface area (TPSA) is 86.8 Å². The molecule has 7 nitrogen and oxygen atoms in total. The Labute approximate surface area is 210 Å². The summed E-state index contributed by atoms with van der Waals surface area (Å²) in [6.45, 7) is 11.7. The standard InChI is InChI=1S/C27H39N3O4S/c1-19(2)28-27(32)23(6)29(18-24-11-8-10-20(3)16-24)26(31)12-9-15-30(35(7,33)34)25-17-21(4)13-14-22(25)5/h8,10-11,13-14,16-17,19,23H,9,12,15,18H2,1-7H3,(H,28,32). The Hall–Kier alpha value is -2.87. The Balaban J connectivity index is 2.21. The number of aryl methyl sites for hydroxylation is 3. The molecule has 0 aromatic heterocycles. The Bertz CT molecular complexity index is 1140. The Morgan fingerprint density at radius 2 is 1.63 bits per heavy atom. The predicted molar refractivity (Wildman–Crippen MR) is 142 cm³/mol. The van der Waals surface area contributed by atoms with Crippen LogP contribution in [-0.2, 0) is 26.2 Å². The molecule has 1 N–H and O–H groups in total. The van der Waals surface area contributed by atoms with Crippen LogP contribution in [0.3, 0.4) is 0 Å². The first-order valence-corrected chi connectivity index (χ1v) is 13.8. The number of carbonyl (C=O) groups is 2. The normalized spacial score (nSPS) is 12.3. The highest BCUT2D eigenvalue weighted by molar-refractivity contribution is 7.92. The van der Waals surface area contributed by atoms with Crippen molar-refractivity contribution < 1.29 is 18.0 Å². The number of benzene rings is 2. The molecule has 1 atom stereocenters. The van der Waals surface area contributed by atoms with Gasteiger partial charge in [0, 0.05) is 25.6 Å². The van der Waals surface area contributed by atoms with Gasteiger partial charge in [-0.15, -0.1) is 0 Å². The quantitative estimate of drug-likeness (QED) is 0.502. The van der Waals surface area contributed by atoms with E-state index in [9.17, 15) is 18.0 Å². The summed E-state index contributed by atoms with van der Waals surface area (Å²) in [7, 11) is -3.53. The summed E-state index contributed by atoms with van der Waals surface area (Å²) in [5.41, 5.74) is 4.46. The van der Waals surface area contributed by atoms with Gasteiger partial charge in [-0.05, 0) is 70.7 Å². The molecule has 0 saturated heterocycles. The van der Waals surface area contributed by atoms with Gasteiger partial charge in [-0.25, -0.2) is 8.42 Å². The lowest BCUT2D eigenvalue weighted by atomic mass is 10.1. The molecule has 0 spiro atoms. The molecule has 1 unspecified atom stereocenters. The van der Waals surface area contributed by atoms with E-state index in [-0.39, 0.29) is 30.8 Å². The van der Waals surface area contributed by atoms with Crippen molar-refractivity contribution in [2.24, 2.45) is 0 Å². The second-order valence-electron chi connectivity index (χ2n) is 9.58. The van der Waals surface area contributed by atoms with Crippen molar-refractivity contribution >= 4 is 27.5 Å². The highest BCUT2D eigenvalue weighted by Gasteiger charge is 2.27. The third-order valence-corrected chi connectivity index (χ3v) is 7.00. The van der Waals surface area contributed by atoms with E-state index in [4.69, 9.17) is 0 Å². The Kier molecular flexibility index (Phi) is 9.89. The Morgan fingerprint density at radius 3 is 2.23 bits per heavy atom. The van der Waals surface area contributed by atoms with Crippen LogP contribution >= 0.6 is 0 Å². The van der Waals surface area contributed by atoms with Crippen LogP contribution in [0.15, 0.2) is 42.5 Å². The minimum Gasteiger partial charge on any atom is -0.352 e. The van der Waals surface area contributed by atoms with E-state index >= 15 is 0 Å². The van der Waals surface area contributed by atoms with Gasteiger partial charge in [-0.1, -0.05) is 42.0 Å². The number of hydrogen-bond donors (Lipinski definition) is 1. The number of carbonyl (C=O) groups excluding carboxylic acids is 2. The summed E-state index contributed by atoms with van der Waals surface area (Å²) in [5, 5.41) is 2.88. The number of rotatable bonds is 11. The molecule has 2 aromatic carbocycles. The zero-order valence-corrected chi connectivity index (χ0v) is 22.8. The van der Waals surface area contributed by atoms with Crippen molar-refractivity contribution in [3.8, 4) is 0 Å². The zero-order valence-electron chi connectivity index (χ0n) is 22.0. The summed E-state index contributed by atoms with van der Waals surface area (Å²) in [6, 6.07) is 12.8. The molecule has 0 aliphatic carbocycles. The molecule has 0 heterocycles. The van der Waals surface area contributed by atoms with Gasteiger partial charge >= 0.3 is 0 Å². The summed E-state index contributed by atoms with van der Waals surface area (Å²) in [5.74, 6) is -0.401. The molecule has 0 fully saturated rings. The fourth-order valence-corrected chi connectivity index (χ4v) is 4.98. The van der Waals surface area contributed by atoms with E-state index in [0.29, 0.717) is 18.7 Å². The summed E-state index contributed by atoms with van der Waals surface area (Å²) in [4.78, 5) is 27.6. The molecule has 0 radical (unpaired) electrons. The van der Waals surface area contributed by atoms with Crippen LogP contribution in [0.4, 0.5) is 5.69 Å². The number of amides is 2. The fraction of sp³-hybridized carbons (Fsp3) is 0.481. The third kappa shape index (κ3) is 8.38. The molecule has 0 saturated carbocycles.